The van der Waals surface area contributed by atoms with E-state index in [-0.39, 0.29) is 6.04 Å². The van der Waals surface area contributed by atoms with E-state index in [2.05, 4.69) is 54.4 Å². The van der Waals surface area contributed by atoms with Crippen molar-refractivity contribution in [2.75, 3.05) is 6.54 Å². The van der Waals surface area contributed by atoms with Crippen LogP contribution in [0.4, 0.5) is 0 Å². The van der Waals surface area contributed by atoms with Gasteiger partial charge < -0.3 is 5.11 Å². The molecule has 5 heteroatoms. The molecule has 0 aliphatic carbocycles. The Morgan fingerprint density at radius 1 is 1.19 bits per heavy atom. The molecule has 1 atom stereocenters. The van der Waals surface area contributed by atoms with E-state index in [0.717, 1.165) is 34.8 Å². The van der Waals surface area contributed by atoms with Gasteiger partial charge in [0.25, 0.3) is 0 Å². The predicted molar refractivity (Wildman–Crippen MR) is 109 cm³/mol. The average Bonchev–Trinajstić information content (AvgIpc) is 3.33. The van der Waals surface area contributed by atoms with Crippen LogP contribution < -0.4 is 0 Å². The molecule has 2 heterocycles. The molecule has 1 N–H and O–H groups in total. The Hall–Kier alpha value is -2.50. The molecule has 0 saturated carbocycles. The van der Waals surface area contributed by atoms with Crippen LogP contribution in [0, 0.1) is 6.92 Å². The van der Waals surface area contributed by atoms with Crippen LogP contribution in [-0.2, 0) is 11.3 Å². The summed E-state index contributed by atoms with van der Waals surface area (Å²) in [6.07, 6.45) is 3.58. The van der Waals surface area contributed by atoms with E-state index in [9.17, 15) is 9.90 Å². The number of nitrogens with zero attached hydrogens (tertiary/aromatic N) is 2. The van der Waals surface area contributed by atoms with Gasteiger partial charge in [-0.3, -0.25) is 9.69 Å². The third-order valence-corrected chi connectivity index (χ3v) is 6.23. The molecule has 4 nitrogen and oxygen atoms in total. The van der Waals surface area contributed by atoms with Crippen LogP contribution in [0.3, 0.4) is 0 Å². The van der Waals surface area contributed by atoms with Gasteiger partial charge in [0.2, 0.25) is 0 Å². The highest BCUT2D eigenvalue weighted by molar-refractivity contribution is 7.15. The molecule has 0 radical (unpaired) electrons. The van der Waals surface area contributed by atoms with E-state index in [1.165, 1.54) is 16.7 Å². The first-order valence-electron chi connectivity index (χ1n) is 9.20. The third kappa shape index (κ3) is 3.66. The van der Waals surface area contributed by atoms with Crippen molar-refractivity contribution < 1.29 is 9.90 Å². The van der Waals surface area contributed by atoms with Gasteiger partial charge in [-0.05, 0) is 43.0 Å². The second-order valence-corrected chi connectivity index (χ2v) is 8.06. The molecule has 138 valence electrons. The maximum atomic E-state index is 11.4. The minimum Gasteiger partial charge on any atom is -0.480 e. The third-order valence-electron chi connectivity index (χ3n) is 5.21. The highest BCUT2D eigenvalue weighted by Gasteiger charge is 2.30. The highest BCUT2D eigenvalue weighted by Crippen LogP contribution is 2.34. The Balaban J connectivity index is 1.60. The molecule has 0 spiro atoms. The molecule has 1 saturated heterocycles. The molecule has 0 bridgehead atoms. The van der Waals surface area contributed by atoms with Crippen molar-refractivity contribution in [2.45, 2.75) is 32.4 Å². The second kappa shape index (κ2) is 7.62. The predicted octanol–water partition coefficient (Wildman–Crippen LogP) is 4.83. The zero-order valence-electron chi connectivity index (χ0n) is 15.3. The van der Waals surface area contributed by atoms with Crippen molar-refractivity contribution in [3.63, 3.8) is 0 Å². The molecule has 27 heavy (non-hydrogen) atoms. The van der Waals surface area contributed by atoms with Crippen molar-refractivity contribution in [2.24, 2.45) is 0 Å². The van der Waals surface area contributed by atoms with Crippen LogP contribution in [0.5, 0.6) is 0 Å². The number of aromatic nitrogens is 1. The summed E-state index contributed by atoms with van der Waals surface area (Å²) in [6.45, 7) is 3.64. The number of thiazole rings is 1. The molecule has 1 fully saturated rings. The Morgan fingerprint density at radius 3 is 2.74 bits per heavy atom. The van der Waals surface area contributed by atoms with Crippen molar-refractivity contribution in [3.05, 3.63) is 65.2 Å². The number of likely N-dealkylation sites (tertiary alicyclic amines) is 1. The van der Waals surface area contributed by atoms with Gasteiger partial charge in [0.05, 0.1) is 0 Å². The van der Waals surface area contributed by atoms with Gasteiger partial charge in [-0.25, -0.2) is 4.98 Å². The topological polar surface area (TPSA) is 53.4 Å². The van der Waals surface area contributed by atoms with Gasteiger partial charge >= 0.3 is 5.97 Å². The molecule has 0 amide bonds. The van der Waals surface area contributed by atoms with Crippen molar-refractivity contribution in [1.82, 2.24) is 9.88 Å². The summed E-state index contributed by atoms with van der Waals surface area (Å²) >= 11 is 1.66. The molecule has 2 aromatic carbocycles. The number of carboxylic acid groups (broad SMARTS) is 1. The number of carboxylic acids is 1. The lowest BCUT2D eigenvalue weighted by Crippen LogP contribution is -2.35. The summed E-state index contributed by atoms with van der Waals surface area (Å²) in [5.74, 6) is -0.719. The van der Waals surface area contributed by atoms with Crippen LogP contribution in [-0.4, -0.2) is 33.5 Å². The molecule has 0 unspecified atom stereocenters. The van der Waals surface area contributed by atoms with Crippen LogP contribution in [0.2, 0.25) is 0 Å². The standard InChI is InChI=1S/C22H22N2O2S/c1-15-18(16-7-3-2-4-8-16)9-5-10-19(15)21-23-13-17(27-21)14-24-12-6-11-20(24)22(25)26/h2-5,7-10,13,20H,6,11-12,14H2,1H3,(H,25,26)/t20-/m0/s1. The maximum Gasteiger partial charge on any atom is 0.320 e. The summed E-state index contributed by atoms with van der Waals surface area (Å²) in [6, 6.07) is 16.3. The number of aliphatic carboxylic acids is 1. The Kier molecular flexibility index (Phi) is 5.05. The normalized spacial score (nSPS) is 17.3. The Bertz CT molecular complexity index is 952. The molecular formula is C22H22N2O2S. The van der Waals surface area contributed by atoms with Crippen LogP contribution >= 0.6 is 11.3 Å². The summed E-state index contributed by atoms with van der Waals surface area (Å²) < 4.78 is 0. The van der Waals surface area contributed by atoms with E-state index in [4.69, 9.17) is 0 Å². The minimum absolute atomic E-state index is 0.362. The van der Waals surface area contributed by atoms with E-state index in [1.54, 1.807) is 11.3 Å². The fraction of sp³-hybridized carbons (Fsp3) is 0.273. The van der Waals surface area contributed by atoms with Crippen molar-refractivity contribution in [3.8, 4) is 21.7 Å². The fourth-order valence-electron chi connectivity index (χ4n) is 3.80. The van der Waals surface area contributed by atoms with Crippen LogP contribution in [0.1, 0.15) is 23.3 Å². The van der Waals surface area contributed by atoms with Gasteiger partial charge in [-0.2, -0.15) is 0 Å². The summed E-state index contributed by atoms with van der Waals surface area (Å²) in [4.78, 5) is 19.2. The number of carbonyl (C=O) groups is 1. The lowest BCUT2D eigenvalue weighted by molar-refractivity contribution is -0.142. The zero-order valence-corrected chi connectivity index (χ0v) is 16.1. The zero-order chi connectivity index (χ0) is 18.8. The van der Waals surface area contributed by atoms with Crippen LogP contribution in [0.15, 0.2) is 54.7 Å². The minimum atomic E-state index is -0.719. The SMILES string of the molecule is Cc1c(-c2ccccc2)cccc1-c1ncc(CN2CCC[C@H]2C(=O)O)s1. The van der Waals surface area contributed by atoms with E-state index >= 15 is 0 Å². The molecule has 1 aromatic heterocycles. The lowest BCUT2D eigenvalue weighted by Gasteiger charge is -2.19. The Labute approximate surface area is 163 Å². The lowest BCUT2D eigenvalue weighted by atomic mass is 9.97. The molecular weight excluding hydrogens is 356 g/mol. The quantitative estimate of drug-likeness (QED) is 0.691. The van der Waals surface area contributed by atoms with E-state index < -0.39 is 5.97 Å². The smallest absolute Gasteiger partial charge is 0.320 e. The second-order valence-electron chi connectivity index (χ2n) is 6.94. The molecule has 1 aliphatic heterocycles. The summed E-state index contributed by atoms with van der Waals surface area (Å²) in [7, 11) is 0. The van der Waals surface area contributed by atoms with Crippen LogP contribution in [0.25, 0.3) is 21.7 Å². The summed E-state index contributed by atoms with van der Waals surface area (Å²) in [5.41, 5.74) is 4.78. The van der Waals surface area contributed by atoms with Gasteiger partial charge in [0.15, 0.2) is 0 Å². The van der Waals surface area contributed by atoms with E-state index in [1.807, 2.05) is 17.2 Å². The van der Waals surface area contributed by atoms with Gasteiger partial charge in [0.1, 0.15) is 11.0 Å². The first-order chi connectivity index (χ1) is 13.1. The molecule has 3 aromatic rings. The van der Waals surface area contributed by atoms with Gasteiger partial charge in [-0.15, -0.1) is 11.3 Å². The van der Waals surface area contributed by atoms with Crippen molar-refractivity contribution >= 4 is 17.3 Å². The number of rotatable bonds is 5. The first-order valence-corrected chi connectivity index (χ1v) is 10.0. The Morgan fingerprint density at radius 2 is 1.96 bits per heavy atom. The maximum absolute atomic E-state index is 11.4. The van der Waals surface area contributed by atoms with Gasteiger partial charge in [-0.1, -0.05) is 48.5 Å². The number of hydrogen-bond acceptors (Lipinski definition) is 4. The molecule has 1 aliphatic rings. The van der Waals surface area contributed by atoms with Gasteiger partial charge in [0, 0.05) is 23.2 Å². The van der Waals surface area contributed by atoms with Crippen molar-refractivity contribution in [1.29, 1.82) is 0 Å². The first kappa shape index (κ1) is 17.9. The van der Waals surface area contributed by atoms with E-state index in [0.29, 0.717) is 6.54 Å². The fourth-order valence-corrected chi connectivity index (χ4v) is 4.82. The summed E-state index contributed by atoms with van der Waals surface area (Å²) in [5, 5.41) is 10.4. The number of hydrogen-bond donors (Lipinski definition) is 1. The highest BCUT2D eigenvalue weighted by atomic mass is 32.1. The monoisotopic (exact) mass is 378 g/mol. The molecule has 4 rings (SSSR count). The number of benzene rings is 2. The largest absolute Gasteiger partial charge is 0.480 e. The average molecular weight is 378 g/mol.